The number of alkyl halides is 2. The number of aromatic nitrogens is 2. The van der Waals surface area contributed by atoms with E-state index in [1.54, 1.807) is 24.3 Å². The second kappa shape index (κ2) is 10.9. The molecule has 4 rings (SSSR count). The van der Waals surface area contributed by atoms with Crippen LogP contribution in [0.4, 0.5) is 14.5 Å². The molecule has 1 aliphatic heterocycles. The van der Waals surface area contributed by atoms with Gasteiger partial charge < -0.3 is 9.84 Å². The minimum absolute atomic E-state index is 0.127. The molecule has 3 aromatic rings. The van der Waals surface area contributed by atoms with Crippen LogP contribution >= 0.6 is 11.8 Å². The monoisotopic (exact) mass is 473 g/mol. The molecule has 0 spiro atoms. The summed E-state index contributed by atoms with van der Waals surface area (Å²) in [5.41, 5.74) is 2.70. The lowest BCUT2D eigenvalue weighted by molar-refractivity contribution is -0.117. The Morgan fingerprint density at radius 2 is 1.73 bits per heavy atom. The van der Waals surface area contributed by atoms with E-state index in [0.717, 1.165) is 31.7 Å². The van der Waals surface area contributed by atoms with Crippen molar-refractivity contribution in [1.29, 1.82) is 0 Å². The van der Waals surface area contributed by atoms with Crippen LogP contribution in [0.3, 0.4) is 0 Å². The Kier molecular flexibility index (Phi) is 7.69. The summed E-state index contributed by atoms with van der Waals surface area (Å²) in [6.45, 7) is 5.95. The molecule has 0 saturated carbocycles. The van der Waals surface area contributed by atoms with Crippen LogP contribution in [0, 0.1) is 6.92 Å². The van der Waals surface area contributed by atoms with E-state index in [-0.39, 0.29) is 12.5 Å². The highest BCUT2D eigenvalue weighted by Gasteiger charge is 2.21. The Bertz CT molecular complexity index is 1050. The van der Waals surface area contributed by atoms with Gasteiger partial charge >= 0.3 is 0 Å². The van der Waals surface area contributed by atoms with E-state index >= 15 is 0 Å². The lowest BCUT2D eigenvalue weighted by Crippen LogP contribution is -2.48. The number of hydrogen-bond donors (Lipinski definition) is 1. The van der Waals surface area contributed by atoms with Crippen LogP contribution < -0.4 is 5.32 Å². The second-order valence-corrected chi connectivity index (χ2v) is 8.94. The van der Waals surface area contributed by atoms with Gasteiger partial charge in [-0.1, -0.05) is 46.7 Å². The molecule has 33 heavy (non-hydrogen) atoms. The van der Waals surface area contributed by atoms with Crippen LogP contribution in [0.25, 0.3) is 11.4 Å². The van der Waals surface area contributed by atoms with Crippen LogP contribution in [-0.4, -0.2) is 64.3 Å². The van der Waals surface area contributed by atoms with E-state index in [2.05, 4.69) is 25.3 Å². The number of piperazine rings is 1. The maximum atomic E-state index is 12.4. The van der Waals surface area contributed by atoms with Gasteiger partial charge in [-0.05, 0) is 31.2 Å². The molecule has 10 heteroatoms. The van der Waals surface area contributed by atoms with E-state index in [1.165, 1.54) is 5.56 Å². The van der Waals surface area contributed by atoms with Gasteiger partial charge in [0.15, 0.2) is 0 Å². The quantitative estimate of drug-likeness (QED) is 0.494. The van der Waals surface area contributed by atoms with Gasteiger partial charge in [-0.2, -0.15) is 13.8 Å². The lowest BCUT2D eigenvalue weighted by atomic mass is 10.1. The molecule has 1 amide bonds. The molecule has 7 nitrogen and oxygen atoms in total. The molecule has 0 atom stereocenters. The zero-order valence-corrected chi connectivity index (χ0v) is 19.0. The van der Waals surface area contributed by atoms with Crippen molar-refractivity contribution in [2.45, 2.75) is 24.1 Å². The zero-order valence-electron chi connectivity index (χ0n) is 18.2. The number of rotatable bonds is 8. The van der Waals surface area contributed by atoms with Crippen molar-refractivity contribution in [3.63, 3.8) is 0 Å². The van der Waals surface area contributed by atoms with E-state index in [0.29, 0.717) is 40.6 Å². The molecule has 1 aliphatic rings. The van der Waals surface area contributed by atoms with Gasteiger partial charge in [0, 0.05) is 42.3 Å². The van der Waals surface area contributed by atoms with Crippen LogP contribution in [0.2, 0.25) is 0 Å². The third-order valence-electron chi connectivity index (χ3n) is 5.33. The van der Waals surface area contributed by atoms with Gasteiger partial charge in [0.1, 0.15) is 0 Å². The molecule has 174 valence electrons. The van der Waals surface area contributed by atoms with Crippen molar-refractivity contribution < 1.29 is 18.1 Å². The number of thioether (sulfide) groups is 1. The molecular formula is C23H25F2N5O2S. The van der Waals surface area contributed by atoms with Crippen molar-refractivity contribution >= 4 is 23.4 Å². The highest BCUT2D eigenvalue weighted by atomic mass is 32.2. The third kappa shape index (κ3) is 6.83. The number of amides is 1. The van der Waals surface area contributed by atoms with Crippen LogP contribution in [0.1, 0.15) is 11.5 Å². The normalized spacial score (nSPS) is 15.2. The summed E-state index contributed by atoms with van der Waals surface area (Å²) in [5, 5.41) is 6.90. The van der Waals surface area contributed by atoms with Crippen LogP contribution in [-0.2, 0) is 11.3 Å². The van der Waals surface area contributed by atoms with Gasteiger partial charge in [0.25, 0.3) is 5.76 Å². The highest BCUT2D eigenvalue weighted by Crippen LogP contribution is 2.26. The van der Waals surface area contributed by atoms with Crippen molar-refractivity contribution in [3.8, 4) is 11.4 Å². The molecule has 0 bridgehead atoms. The Morgan fingerprint density at radius 3 is 2.39 bits per heavy atom. The smallest absolute Gasteiger partial charge is 0.288 e. The fourth-order valence-corrected chi connectivity index (χ4v) is 4.06. The highest BCUT2D eigenvalue weighted by molar-refractivity contribution is 7.99. The summed E-state index contributed by atoms with van der Waals surface area (Å²) < 4.78 is 30.2. The molecule has 1 fully saturated rings. The third-order valence-corrected chi connectivity index (χ3v) is 6.05. The first-order chi connectivity index (χ1) is 15.9. The van der Waals surface area contributed by atoms with Gasteiger partial charge in [-0.15, -0.1) is 0 Å². The van der Waals surface area contributed by atoms with Gasteiger partial charge in [-0.25, -0.2) is 0 Å². The number of anilines is 1. The zero-order chi connectivity index (χ0) is 23.2. The van der Waals surface area contributed by atoms with E-state index in [9.17, 15) is 13.6 Å². The summed E-state index contributed by atoms with van der Waals surface area (Å²) in [6, 6.07) is 14.4. The van der Waals surface area contributed by atoms with Gasteiger partial charge in [0.2, 0.25) is 17.6 Å². The number of carbonyl (C=O) groups excluding carboxylic acids is 1. The summed E-state index contributed by atoms with van der Waals surface area (Å²) in [5.74, 6) is -1.43. The Morgan fingerprint density at radius 1 is 1.06 bits per heavy atom. The van der Waals surface area contributed by atoms with Gasteiger partial charge in [0.05, 0.1) is 13.1 Å². The molecular weight excluding hydrogens is 448 g/mol. The number of halogens is 2. The molecule has 1 aromatic heterocycles. The maximum absolute atomic E-state index is 12.4. The lowest BCUT2D eigenvalue weighted by Gasteiger charge is -2.33. The van der Waals surface area contributed by atoms with Crippen molar-refractivity contribution in [2.75, 3.05) is 38.0 Å². The number of hydrogen-bond acceptors (Lipinski definition) is 7. The van der Waals surface area contributed by atoms with E-state index in [1.807, 2.05) is 31.2 Å². The minimum Gasteiger partial charge on any atom is -0.338 e. The predicted molar refractivity (Wildman–Crippen MR) is 123 cm³/mol. The van der Waals surface area contributed by atoms with Crippen LogP contribution in [0.5, 0.6) is 0 Å². The Balaban J connectivity index is 1.20. The van der Waals surface area contributed by atoms with Crippen molar-refractivity contribution in [1.82, 2.24) is 19.9 Å². The SMILES string of the molecule is Cc1ccc(-c2noc(CN3CCN(CC(=O)Nc4ccc(SC(F)F)cc4)CC3)n2)cc1. The fraction of sp³-hybridized carbons (Fsp3) is 0.348. The molecule has 1 saturated heterocycles. The van der Waals surface area contributed by atoms with E-state index in [4.69, 9.17) is 4.52 Å². The number of benzene rings is 2. The van der Waals surface area contributed by atoms with Gasteiger partial charge in [-0.3, -0.25) is 14.6 Å². The fourth-order valence-electron chi connectivity index (χ4n) is 3.56. The Hall–Kier alpha value is -2.82. The average Bonchev–Trinajstić information content (AvgIpc) is 3.25. The summed E-state index contributed by atoms with van der Waals surface area (Å²) in [6.07, 6.45) is 0. The summed E-state index contributed by atoms with van der Waals surface area (Å²) in [4.78, 5) is 21.6. The molecule has 0 unspecified atom stereocenters. The first-order valence-corrected chi connectivity index (χ1v) is 11.5. The molecule has 2 aromatic carbocycles. The second-order valence-electron chi connectivity index (χ2n) is 7.88. The first-order valence-electron chi connectivity index (χ1n) is 10.6. The summed E-state index contributed by atoms with van der Waals surface area (Å²) in [7, 11) is 0. The Labute approximate surface area is 195 Å². The standard InChI is InChI=1S/C23H25F2N5O2S/c1-16-2-4-17(5-3-16)22-27-21(32-28-22)15-30-12-10-29(11-13-30)14-20(31)26-18-6-8-19(9-7-18)33-23(24)25/h2-9,23H,10-15H2,1H3,(H,26,31). The maximum Gasteiger partial charge on any atom is 0.288 e. The predicted octanol–water partition coefficient (Wildman–Crippen LogP) is 4.12. The number of carbonyl (C=O) groups is 1. The largest absolute Gasteiger partial charge is 0.338 e. The number of aryl methyl sites for hydroxylation is 1. The number of nitrogens with one attached hydrogen (secondary N) is 1. The van der Waals surface area contributed by atoms with Crippen molar-refractivity contribution in [2.24, 2.45) is 0 Å². The number of nitrogens with zero attached hydrogens (tertiary/aromatic N) is 4. The molecule has 0 aliphatic carbocycles. The van der Waals surface area contributed by atoms with Crippen molar-refractivity contribution in [3.05, 3.63) is 60.0 Å². The van der Waals surface area contributed by atoms with E-state index < -0.39 is 5.76 Å². The van der Waals surface area contributed by atoms with Crippen LogP contribution in [0.15, 0.2) is 57.9 Å². The average molecular weight is 474 g/mol. The first kappa shape index (κ1) is 23.3. The molecule has 2 heterocycles. The minimum atomic E-state index is -2.46. The molecule has 0 radical (unpaired) electrons. The topological polar surface area (TPSA) is 74.5 Å². The molecule has 1 N–H and O–H groups in total. The summed E-state index contributed by atoms with van der Waals surface area (Å²) >= 11 is 0.482.